The zero-order chi connectivity index (χ0) is 12.8. The molecule has 1 heterocycles. The van der Waals surface area contributed by atoms with Gasteiger partial charge in [0.15, 0.2) is 0 Å². The number of hydrogen-bond donors (Lipinski definition) is 3. The Bertz CT molecular complexity index is 379. The lowest BCUT2D eigenvalue weighted by atomic mass is 10.3. The Morgan fingerprint density at radius 3 is 2.94 bits per heavy atom. The molecule has 1 aromatic heterocycles. The Morgan fingerprint density at radius 1 is 1.65 bits per heavy atom. The summed E-state index contributed by atoms with van der Waals surface area (Å²) in [4.78, 5) is 11.8. The van der Waals surface area contributed by atoms with Gasteiger partial charge in [0.05, 0.1) is 17.7 Å². The van der Waals surface area contributed by atoms with E-state index in [-0.39, 0.29) is 19.1 Å². The first-order valence-electron chi connectivity index (χ1n) is 5.51. The number of nitrogens with zero attached hydrogens (tertiary/aromatic N) is 1. The Kier molecular flexibility index (Phi) is 5.47. The third-order valence-corrected chi connectivity index (χ3v) is 2.48. The number of hydrogen-bond acceptors (Lipinski definition) is 3. The number of aryl methyl sites for hydroxylation is 1. The van der Waals surface area contributed by atoms with Crippen LogP contribution in [0.1, 0.15) is 23.8 Å². The molecule has 96 valence electrons. The van der Waals surface area contributed by atoms with Crippen LogP contribution in [0.2, 0.25) is 5.02 Å². The van der Waals surface area contributed by atoms with E-state index in [1.54, 1.807) is 16.8 Å². The molecule has 1 amide bonds. The van der Waals surface area contributed by atoms with Crippen LogP contribution >= 0.6 is 11.6 Å². The number of aliphatic hydroxyl groups excluding tert-OH is 2. The Balaban J connectivity index is 2.67. The maximum Gasteiger partial charge on any atom is 0.268 e. The van der Waals surface area contributed by atoms with Crippen molar-refractivity contribution in [2.24, 2.45) is 0 Å². The van der Waals surface area contributed by atoms with Gasteiger partial charge in [-0.05, 0) is 12.5 Å². The molecule has 5 nitrogen and oxygen atoms in total. The topological polar surface area (TPSA) is 74.5 Å². The minimum atomic E-state index is -0.941. The molecule has 1 atom stereocenters. The van der Waals surface area contributed by atoms with Gasteiger partial charge < -0.3 is 20.1 Å². The van der Waals surface area contributed by atoms with Crippen LogP contribution in [0.5, 0.6) is 0 Å². The van der Waals surface area contributed by atoms with Crippen molar-refractivity contribution in [1.82, 2.24) is 9.88 Å². The number of amides is 1. The van der Waals surface area contributed by atoms with Gasteiger partial charge in [0, 0.05) is 19.3 Å². The normalized spacial score (nSPS) is 12.5. The van der Waals surface area contributed by atoms with Gasteiger partial charge in [-0.15, -0.1) is 0 Å². The second-order valence-corrected chi connectivity index (χ2v) is 4.22. The predicted octanol–water partition coefficient (Wildman–Crippen LogP) is 0.634. The molecule has 1 unspecified atom stereocenters. The Labute approximate surface area is 105 Å². The molecular weight excluding hydrogens is 244 g/mol. The fraction of sp³-hybridized carbons (Fsp3) is 0.545. The molecular formula is C11H17ClN2O3. The van der Waals surface area contributed by atoms with Crippen molar-refractivity contribution >= 4 is 17.5 Å². The van der Waals surface area contributed by atoms with Crippen LogP contribution in [0.25, 0.3) is 0 Å². The molecule has 0 saturated carbocycles. The van der Waals surface area contributed by atoms with E-state index in [4.69, 9.17) is 21.8 Å². The lowest BCUT2D eigenvalue weighted by Gasteiger charge is -2.10. The highest BCUT2D eigenvalue weighted by molar-refractivity contribution is 6.31. The summed E-state index contributed by atoms with van der Waals surface area (Å²) < 4.78 is 1.77. The van der Waals surface area contributed by atoms with E-state index >= 15 is 0 Å². The Hall–Kier alpha value is -1.04. The molecule has 0 spiro atoms. The first kappa shape index (κ1) is 14.0. The number of carbonyl (C=O) groups is 1. The van der Waals surface area contributed by atoms with Gasteiger partial charge in [-0.25, -0.2) is 0 Å². The number of rotatable bonds is 6. The maximum absolute atomic E-state index is 11.8. The molecule has 0 aromatic carbocycles. The van der Waals surface area contributed by atoms with E-state index in [0.717, 1.165) is 6.42 Å². The number of halogens is 1. The fourth-order valence-corrected chi connectivity index (χ4v) is 1.68. The summed E-state index contributed by atoms with van der Waals surface area (Å²) in [6.45, 7) is 2.35. The zero-order valence-corrected chi connectivity index (χ0v) is 10.4. The van der Waals surface area contributed by atoms with Gasteiger partial charge in [-0.1, -0.05) is 18.5 Å². The molecule has 1 rings (SSSR count). The first-order chi connectivity index (χ1) is 8.08. The van der Waals surface area contributed by atoms with Crippen LogP contribution in [0.3, 0.4) is 0 Å². The highest BCUT2D eigenvalue weighted by Gasteiger charge is 2.13. The standard InChI is InChI=1S/C11H17ClN2O3/c1-2-3-14-6-8(12)4-10(14)11(17)13-5-9(16)7-15/h4,6,9,15-16H,2-3,5,7H2,1H3,(H,13,17). The summed E-state index contributed by atoms with van der Waals surface area (Å²) in [6.07, 6.45) is 1.65. The van der Waals surface area contributed by atoms with E-state index in [1.807, 2.05) is 6.92 Å². The zero-order valence-electron chi connectivity index (χ0n) is 9.69. The van der Waals surface area contributed by atoms with Crippen molar-refractivity contribution in [3.8, 4) is 0 Å². The Morgan fingerprint density at radius 2 is 2.35 bits per heavy atom. The molecule has 3 N–H and O–H groups in total. The van der Waals surface area contributed by atoms with Crippen LogP contribution in [0, 0.1) is 0 Å². The number of aromatic nitrogens is 1. The largest absolute Gasteiger partial charge is 0.394 e. The van der Waals surface area contributed by atoms with Gasteiger partial charge in [0.25, 0.3) is 5.91 Å². The smallest absolute Gasteiger partial charge is 0.268 e. The van der Waals surface area contributed by atoms with Crippen LogP contribution in [0.15, 0.2) is 12.3 Å². The minimum absolute atomic E-state index is 0.0181. The number of aliphatic hydroxyl groups is 2. The first-order valence-corrected chi connectivity index (χ1v) is 5.89. The molecule has 0 bridgehead atoms. The summed E-state index contributed by atoms with van der Waals surface area (Å²) in [5, 5.41) is 20.8. The van der Waals surface area contributed by atoms with Crippen molar-refractivity contribution in [2.75, 3.05) is 13.2 Å². The summed E-state index contributed by atoms with van der Waals surface area (Å²) in [5.74, 6) is -0.308. The van der Waals surface area contributed by atoms with Crippen molar-refractivity contribution in [2.45, 2.75) is 26.0 Å². The maximum atomic E-state index is 11.8. The molecule has 0 aliphatic carbocycles. The molecule has 0 radical (unpaired) electrons. The minimum Gasteiger partial charge on any atom is -0.394 e. The van der Waals surface area contributed by atoms with Crippen LogP contribution in [0.4, 0.5) is 0 Å². The summed E-state index contributed by atoms with van der Waals surface area (Å²) in [5.41, 5.74) is 0.460. The third kappa shape index (κ3) is 4.03. The van der Waals surface area contributed by atoms with E-state index in [0.29, 0.717) is 17.3 Å². The second-order valence-electron chi connectivity index (χ2n) is 3.78. The molecule has 6 heteroatoms. The van der Waals surface area contributed by atoms with E-state index < -0.39 is 6.10 Å². The second kappa shape index (κ2) is 6.64. The number of nitrogens with one attached hydrogen (secondary N) is 1. The number of carbonyl (C=O) groups excluding carboxylic acids is 1. The van der Waals surface area contributed by atoms with E-state index in [9.17, 15) is 4.79 Å². The molecule has 0 fully saturated rings. The molecule has 0 aliphatic heterocycles. The average molecular weight is 261 g/mol. The molecule has 0 saturated heterocycles. The fourth-order valence-electron chi connectivity index (χ4n) is 1.46. The van der Waals surface area contributed by atoms with Gasteiger partial charge in [0.1, 0.15) is 5.69 Å². The lowest BCUT2D eigenvalue weighted by molar-refractivity contribution is 0.0796. The monoisotopic (exact) mass is 260 g/mol. The highest BCUT2D eigenvalue weighted by atomic mass is 35.5. The lowest BCUT2D eigenvalue weighted by Crippen LogP contribution is -2.34. The quantitative estimate of drug-likeness (QED) is 0.703. The van der Waals surface area contributed by atoms with Gasteiger partial charge in [-0.3, -0.25) is 4.79 Å². The average Bonchev–Trinajstić information content (AvgIpc) is 2.67. The van der Waals surface area contributed by atoms with Crippen LogP contribution in [-0.2, 0) is 6.54 Å². The van der Waals surface area contributed by atoms with Gasteiger partial charge >= 0.3 is 0 Å². The summed E-state index contributed by atoms with van der Waals surface area (Å²) >= 11 is 5.85. The summed E-state index contributed by atoms with van der Waals surface area (Å²) in [7, 11) is 0. The van der Waals surface area contributed by atoms with Crippen molar-refractivity contribution in [1.29, 1.82) is 0 Å². The molecule has 0 aliphatic rings. The van der Waals surface area contributed by atoms with Crippen molar-refractivity contribution in [3.05, 3.63) is 23.0 Å². The van der Waals surface area contributed by atoms with Gasteiger partial charge in [0.2, 0.25) is 0 Å². The third-order valence-electron chi connectivity index (χ3n) is 2.27. The van der Waals surface area contributed by atoms with Crippen LogP contribution in [-0.4, -0.2) is 39.9 Å². The van der Waals surface area contributed by atoms with E-state index in [1.165, 1.54) is 0 Å². The van der Waals surface area contributed by atoms with Crippen molar-refractivity contribution < 1.29 is 15.0 Å². The van der Waals surface area contributed by atoms with E-state index in [2.05, 4.69) is 5.32 Å². The summed E-state index contributed by atoms with van der Waals surface area (Å²) in [6, 6.07) is 1.58. The van der Waals surface area contributed by atoms with Gasteiger partial charge in [-0.2, -0.15) is 0 Å². The van der Waals surface area contributed by atoms with Crippen molar-refractivity contribution in [3.63, 3.8) is 0 Å². The SMILES string of the molecule is CCCn1cc(Cl)cc1C(=O)NCC(O)CO. The van der Waals surface area contributed by atoms with Crippen LogP contribution < -0.4 is 5.32 Å². The predicted molar refractivity (Wildman–Crippen MR) is 65.2 cm³/mol. The molecule has 1 aromatic rings. The highest BCUT2D eigenvalue weighted by Crippen LogP contribution is 2.14. The molecule has 17 heavy (non-hydrogen) atoms.